The van der Waals surface area contributed by atoms with Crippen LogP contribution in [0.2, 0.25) is 10.0 Å². The number of hydrogen-bond donors (Lipinski definition) is 1. The fourth-order valence-electron chi connectivity index (χ4n) is 0.655. The van der Waals surface area contributed by atoms with Crippen molar-refractivity contribution >= 4 is 35.3 Å². The SMILES string of the molecule is O=[C]Nc1cccc(Cl)c1Cl. The second-order valence-electron chi connectivity index (χ2n) is 1.83. The van der Waals surface area contributed by atoms with E-state index in [1.54, 1.807) is 18.2 Å². The zero-order chi connectivity index (χ0) is 8.27. The highest BCUT2D eigenvalue weighted by molar-refractivity contribution is 6.43. The third-order valence-electron chi connectivity index (χ3n) is 1.14. The zero-order valence-electron chi connectivity index (χ0n) is 5.40. The average Bonchev–Trinajstić information content (AvgIpc) is 1.99. The first-order chi connectivity index (χ1) is 5.25. The number of rotatable bonds is 2. The van der Waals surface area contributed by atoms with Gasteiger partial charge in [-0.1, -0.05) is 29.3 Å². The minimum Gasteiger partial charge on any atom is -0.316 e. The predicted octanol–water partition coefficient (Wildman–Crippen LogP) is 2.47. The topological polar surface area (TPSA) is 29.1 Å². The summed E-state index contributed by atoms with van der Waals surface area (Å²) >= 11 is 11.3. The van der Waals surface area contributed by atoms with Crippen LogP contribution in [0.1, 0.15) is 0 Å². The van der Waals surface area contributed by atoms with Crippen molar-refractivity contribution in [3.8, 4) is 0 Å². The largest absolute Gasteiger partial charge is 0.316 e. The van der Waals surface area contributed by atoms with Crippen molar-refractivity contribution in [1.82, 2.24) is 0 Å². The van der Waals surface area contributed by atoms with Gasteiger partial charge in [-0.3, -0.25) is 4.79 Å². The lowest BCUT2D eigenvalue weighted by atomic mass is 10.3. The summed E-state index contributed by atoms with van der Waals surface area (Å²) in [6.45, 7) is 0. The number of anilines is 1. The van der Waals surface area contributed by atoms with Gasteiger partial charge in [-0.05, 0) is 12.1 Å². The third kappa shape index (κ3) is 1.85. The maximum Gasteiger partial charge on any atom is 0.314 e. The summed E-state index contributed by atoms with van der Waals surface area (Å²) in [5.74, 6) is 0. The van der Waals surface area contributed by atoms with E-state index in [-0.39, 0.29) is 0 Å². The Bertz CT molecular complexity index is 275. The van der Waals surface area contributed by atoms with Crippen molar-refractivity contribution < 1.29 is 4.79 Å². The van der Waals surface area contributed by atoms with Gasteiger partial charge in [-0.15, -0.1) is 0 Å². The summed E-state index contributed by atoms with van der Waals surface area (Å²) < 4.78 is 0. The molecule has 4 heteroatoms. The van der Waals surface area contributed by atoms with Crippen molar-refractivity contribution in [2.24, 2.45) is 0 Å². The van der Waals surface area contributed by atoms with E-state index in [2.05, 4.69) is 5.32 Å². The maximum atomic E-state index is 9.90. The van der Waals surface area contributed by atoms with Crippen LogP contribution in [0.15, 0.2) is 18.2 Å². The first-order valence-electron chi connectivity index (χ1n) is 2.83. The van der Waals surface area contributed by atoms with Crippen LogP contribution in [-0.2, 0) is 4.79 Å². The predicted molar refractivity (Wildman–Crippen MR) is 45.8 cm³/mol. The first-order valence-corrected chi connectivity index (χ1v) is 3.58. The zero-order valence-corrected chi connectivity index (χ0v) is 6.91. The summed E-state index contributed by atoms with van der Waals surface area (Å²) in [4.78, 5) is 9.90. The van der Waals surface area contributed by atoms with Crippen LogP contribution in [-0.4, -0.2) is 6.41 Å². The van der Waals surface area contributed by atoms with Crippen molar-refractivity contribution in [2.75, 3.05) is 5.32 Å². The molecular formula is C7H4Cl2NO. The Hall–Kier alpha value is -0.730. The normalized spacial score (nSPS) is 9.27. The average molecular weight is 189 g/mol. The second kappa shape index (κ2) is 3.60. The molecule has 0 saturated heterocycles. The minimum absolute atomic E-state index is 0.331. The van der Waals surface area contributed by atoms with Gasteiger partial charge >= 0.3 is 6.41 Å². The Morgan fingerprint density at radius 1 is 1.36 bits per heavy atom. The number of carbonyl (C=O) groups excluding carboxylic acids is 1. The molecule has 0 saturated carbocycles. The molecule has 0 spiro atoms. The Balaban J connectivity index is 3.05. The molecule has 0 aliphatic heterocycles. The molecule has 0 fully saturated rings. The molecule has 0 unspecified atom stereocenters. The van der Waals surface area contributed by atoms with Crippen LogP contribution < -0.4 is 5.32 Å². The smallest absolute Gasteiger partial charge is 0.314 e. The quantitative estimate of drug-likeness (QED) is 0.711. The summed E-state index contributed by atoms with van der Waals surface area (Å²) in [6, 6.07) is 4.97. The Morgan fingerprint density at radius 2 is 2.09 bits per heavy atom. The van der Waals surface area contributed by atoms with E-state index < -0.39 is 0 Å². The Morgan fingerprint density at radius 3 is 2.73 bits per heavy atom. The molecule has 57 valence electrons. The lowest BCUT2D eigenvalue weighted by Gasteiger charge is -2.01. The maximum absolute atomic E-state index is 9.90. The van der Waals surface area contributed by atoms with Gasteiger partial charge in [0.1, 0.15) is 0 Å². The van der Waals surface area contributed by atoms with Gasteiger partial charge in [0.2, 0.25) is 0 Å². The summed E-state index contributed by atoms with van der Waals surface area (Å²) in [7, 11) is 0. The number of amides is 1. The van der Waals surface area contributed by atoms with Crippen LogP contribution in [0.4, 0.5) is 5.69 Å². The molecule has 1 aromatic rings. The van der Waals surface area contributed by atoms with Crippen LogP contribution in [0.25, 0.3) is 0 Å². The van der Waals surface area contributed by atoms with E-state index >= 15 is 0 Å². The van der Waals surface area contributed by atoms with Gasteiger partial charge in [-0.25, -0.2) is 0 Å². The molecule has 1 amide bonds. The Labute approximate surface area is 74.1 Å². The van der Waals surface area contributed by atoms with Gasteiger partial charge in [0.05, 0.1) is 15.7 Å². The van der Waals surface area contributed by atoms with Gasteiger partial charge in [0, 0.05) is 0 Å². The fourth-order valence-corrected chi connectivity index (χ4v) is 1.00. The monoisotopic (exact) mass is 188 g/mol. The number of halogens is 2. The van der Waals surface area contributed by atoms with Gasteiger partial charge in [-0.2, -0.15) is 0 Å². The van der Waals surface area contributed by atoms with Crippen LogP contribution >= 0.6 is 23.2 Å². The van der Waals surface area contributed by atoms with E-state index in [4.69, 9.17) is 23.2 Å². The lowest BCUT2D eigenvalue weighted by molar-refractivity contribution is 0.561. The highest BCUT2D eigenvalue weighted by atomic mass is 35.5. The Kier molecular flexibility index (Phi) is 2.74. The van der Waals surface area contributed by atoms with E-state index in [0.29, 0.717) is 15.7 Å². The first kappa shape index (κ1) is 8.37. The van der Waals surface area contributed by atoms with Crippen molar-refractivity contribution in [2.45, 2.75) is 0 Å². The standard InChI is InChI=1S/C7H4Cl2NO/c8-5-2-1-3-6(7(5)9)10-4-11/h1-3H,(H,10,11). The molecule has 1 rings (SSSR count). The van der Waals surface area contributed by atoms with Crippen LogP contribution in [0.5, 0.6) is 0 Å². The molecule has 0 aliphatic rings. The molecule has 0 aromatic heterocycles. The van der Waals surface area contributed by atoms with E-state index in [0.717, 1.165) is 0 Å². The van der Waals surface area contributed by atoms with Crippen molar-refractivity contribution in [3.05, 3.63) is 28.2 Å². The highest BCUT2D eigenvalue weighted by Crippen LogP contribution is 2.28. The molecule has 2 nitrogen and oxygen atoms in total. The summed E-state index contributed by atoms with van der Waals surface area (Å²) in [5.41, 5.74) is 0.467. The number of nitrogens with one attached hydrogen (secondary N) is 1. The molecule has 1 radical (unpaired) electrons. The number of hydrogen-bond acceptors (Lipinski definition) is 1. The third-order valence-corrected chi connectivity index (χ3v) is 1.96. The lowest BCUT2D eigenvalue weighted by Crippen LogP contribution is -1.93. The van der Waals surface area contributed by atoms with Crippen LogP contribution in [0, 0.1) is 0 Å². The molecule has 11 heavy (non-hydrogen) atoms. The molecule has 0 atom stereocenters. The molecule has 0 heterocycles. The van der Waals surface area contributed by atoms with Gasteiger partial charge < -0.3 is 5.32 Å². The van der Waals surface area contributed by atoms with E-state index in [1.165, 1.54) is 6.41 Å². The highest BCUT2D eigenvalue weighted by Gasteiger charge is 2.01. The van der Waals surface area contributed by atoms with Crippen molar-refractivity contribution in [3.63, 3.8) is 0 Å². The minimum atomic E-state index is 0.331. The molecule has 1 aromatic carbocycles. The molecular weight excluding hydrogens is 185 g/mol. The number of benzene rings is 1. The van der Waals surface area contributed by atoms with E-state index in [9.17, 15) is 4.79 Å². The van der Waals surface area contributed by atoms with Crippen molar-refractivity contribution in [1.29, 1.82) is 0 Å². The molecule has 0 bridgehead atoms. The summed E-state index contributed by atoms with van der Waals surface area (Å²) in [6.07, 6.45) is 1.51. The summed E-state index contributed by atoms with van der Waals surface area (Å²) in [5, 5.41) is 3.03. The van der Waals surface area contributed by atoms with Gasteiger partial charge in [0.15, 0.2) is 0 Å². The van der Waals surface area contributed by atoms with E-state index in [1.807, 2.05) is 0 Å². The van der Waals surface area contributed by atoms with Crippen LogP contribution in [0.3, 0.4) is 0 Å². The molecule has 0 aliphatic carbocycles. The second-order valence-corrected chi connectivity index (χ2v) is 2.61. The van der Waals surface area contributed by atoms with Gasteiger partial charge in [0.25, 0.3) is 0 Å². The fraction of sp³-hybridized carbons (Fsp3) is 0. The molecule has 1 N–H and O–H groups in total.